The molecular weight excluding hydrogens is 392 g/mol. The summed E-state index contributed by atoms with van der Waals surface area (Å²) >= 11 is 0. The minimum Gasteiger partial charge on any atom is -0.463 e. The molecule has 0 unspecified atom stereocenters. The fraction of sp³-hybridized carbons (Fsp3) is 0.885. The summed E-state index contributed by atoms with van der Waals surface area (Å²) in [4.78, 5) is 11.1. The van der Waals surface area contributed by atoms with Crippen molar-refractivity contribution in [3.63, 3.8) is 0 Å². The maximum atomic E-state index is 11.1. The van der Waals surface area contributed by atoms with Gasteiger partial charge < -0.3 is 18.9 Å². The van der Waals surface area contributed by atoms with Gasteiger partial charge in [-0.3, -0.25) is 0 Å². The van der Waals surface area contributed by atoms with E-state index in [2.05, 4.69) is 13.5 Å². The lowest BCUT2D eigenvalue weighted by atomic mass is 9.85. The summed E-state index contributed by atoms with van der Waals surface area (Å²) in [5, 5.41) is 0. The highest BCUT2D eigenvalue weighted by atomic mass is 16.7. The standard InChI is InChI=1S/C26H46O5/c1-3-5-6-7-8-9-19-28-23-14-16-25(17-15-23)31-21-30-24-12-10-22(11-13-24)18-20-29-26(27)4-2/h4,22-25H,2-3,5-21H2,1H3. The molecule has 0 N–H and O–H groups in total. The van der Waals surface area contributed by atoms with Crippen LogP contribution in [0.3, 0.4) is 0 Å². The molecule has 31 heavy (non-hydrogen) atoms. The van der Waals surface area contributed by atoms with Crippen LogP contribution in [-0.4, -0.2) is 44.3 Å². The minimum absolute atomic E-state index is 0.309. The van der Waals surface area contributed by atoms with Crippen LogP contribution in [-0.2, 0) is 23.7 Å². The second kappa shape index (κ2) is 16.7. The van der Waals surface area contributed by atoms with E-state index in [-0.39, 0.29) is 5.97 Å². The molecule has 0 bridgehead atoms. The van der Waals surface area contributed by atoms with Gasteiger partial charge in [0.1, 0.15) is 6.79 Å². The molecule has 2 rings (SSSR count). The Morgan fingerprint density at radius 2 is 1.32 bits per heavy atom. The van der Waals surface area contributed by atoms with Gasteiger partial charge in [0.05, 0.1) is 24.9 Å². The highest BCUT2D eigenvalue weighted by Gasteiger charge is 2.24. The molecule has 2 aliphatic carbocycles. The average molecular weight is 439 g/mol. The van der Waals surface area contributed by atoms with Gasteiger partial charge in [-0.05, 0) is 70.1 Å². The van der Waals surface area contributed by atoms with E-state index in [1.54, 1.807) is 0 Å². The molecule has 0 atom stereocenters. The Kier molecular flexibility index (Phi) is 14.2. The maximum Gasteiger partial charge on any atom is 0.330 e. The molecule has 5 nitrogen and oxygen atoms in total. The largest absolute Gasteiger partial charge is 0.463 e. The van der Waals surface area contributed by atoms with Crippen molar-refractivity contribution in [2.75, 3.05) is 20.0 Å². The van der Waals surface area contributed by atoms with Crippen LogP contribution < -0.4 is 0 Å². The van der Waals surface area contributed by atoms with Gasteiger partial charge in [0, 0.05) is 12.7 Å². The Morgan fingerprint density at radius 3 is 1.94 bits per heavy atom. The number of hydrogen-bond donors (Lipinski definition) is 0. The summed E-state index contributed by atoms with van der Waals surface area (Å²) < 4.78 is 23.2. The van der Waals surface area contributed by atoms with Gasteiger partial charge >= 0.3 is 5.97 Å². The van der Waals surface area contributed by atoms with Crippen molar-refractivity contribution >= 4 is 5.97 Å². The van der Waals surface area contributed by atoms with E-state index >= 15 is 0 Å². The Balaban J connectivity index is 1.41. The quantitative estimate of drug-likeness (QED) is 0.122. The zero-order chi connectivity index (χ0) is 22.2. The predicted molar refractivity (Wildman–Crippen MR) is 124 cm³/mol. The Hall–Kier alpha value is -0.910. The van der Waals surface area contributed by atoms with Gasteiger partial charge in [-0.2, -0.15) is 0 Å². The van der Waals surface area contributed by atoms with Gasteiger partial charge in [0.25, 0.3) is 0 Å². The molecule has 0 aromatic heterocycles. The molecule has 0 aromatic carbocycles. The first-order valence-electron chi connectivity index (χ1n) is 12.8. The van der Waals surface area contributed by atoms with Gasteiger partial charge in [-0.1, -0.05) is 45.6 Å². The van der Waals surface area contributed by atoms with E-state index in [1.165, 1.54) is 44.6 Å². The summed E-state index contributed by atoms with van der Waals surface area (Å²) in [6, 6.07) is 0. The van der Waals surface area contributed by atoms with E-state index < -0.39 is 0 Å². The van der Waals surface area contributed by atoms with Crippen molar-refractivity contribution in [1.82, 2.24) is 0 Å². The van der Waals surface area contributed by atoms with E-state index in [9.17, 15) is 4.79 Å². The maximum absolute atomic E-state index is 11.1. The smallest absolute Gasteiger partial charge is 0.330 e. The number of carbonyl (C=O) groups is 1. The van der Waals surface area contributed by atoms with Gasteiger partial charge in [-0.15, -0.1) is 0 Å². The summed E-state index contributed by atoms with van der Waals surface area (Å²) in [5.41, 5.74) is 0. The molecule has 0 aromatic rings. The molecule has 0 aliphatic heterocycles. The van der Waals surface area contributed by atoms with E-state index in [4.69, 9.17) is 18.9 Å². The molecule has 2 aliphatic rings. The lowest BCUT2D eigenvalue weighted by Gasteiger charge is -2.31. The Labute approximate surface area is 190 Å². The van der Waals surface area contributed by atoms with E-state index in [1.807, 2.05) is 0 Å². The third-order valence-electron chi connectivity index (χ3n) is 6.81. The Bertz CT molecular complexity index is 464. The fourth-order valence-corrected chi connectivity index (χ4v) is 4.70. The van der Waals surface area contributed by atoms with Crippen molar-refractivity contribution in [2.45, 2.75) is 122 Å². The molecular formula is C26H46O5. The molecule has 0 saturated heterocycles. The monoisotopic (exact) mass is 438 g/mol. The number of unbranched alkanes of at least 4 members (excludes halogenated alkanes) is 5. The first-order valence-corrected chi connectivity index (χ1v) is 12.8. The van der Waals surface area contributed by atoms with Crippen LogP contribution in [0.15, 0.2) is 12.7 Å². The summed E-state index contributed by atoms with van der Waals surface area (Å²) in [5.74, 6) is 0.303. The van der Waals surface area contributed by atoms with Crippen molar-refractivity contribution in [1.29, 1.82) is 0 Å². The summed E-state index contributed by atoms with van der Waals surface area (Å²) in [6.45, 7) is 7.51. The van der Waals surface area contributed by atoms with Gasteiger partial charge in [0.15, 0.2) is 0 Å². The number of ether oxygens (including phenoxy) is 4. The van der Waals surface area contributed by atoms with Crippen LogP contribution >= 0.6 is 0 Å². The van der Waals surface area contributed by atoms with Crippen LogP contribution in [0.25, 0.3) is 0 Å². The molecule has 0 spiro atoms. The van der Waals surface area contributed by atoms with E-state index in [0.717, 1.165) is 64.4 Å². The number of hydrogen-bond acceptors (Lipinski definition) is 5. The first-order chi connectivity index (χ1) is 15.2. The lowest BCUT2D eigenvalue weighted by Crippen LogP contribution is -2.29. The Morgan fingerprint density at radius 1 is 0.774 bits per heavy atom. The fourth-order valence-electron chi connectivity index (χ4n) is 4.70. The third kappa shape index (κ3) is 12.1. The normalized spacial score (nSPS) is 26.5. The molecule has 180 valence electrons. The summed E-state index contributed by atoms with van der Waals surface area (Å²) in [7, 11) is 0. The molecule has 2 saturated carbocycles. The van der Waals surface area contributed by atoms with Crippen LogP contribution in [0.5, 0.6) is 0 Å². The molecule has 5 heteroatoms. The highest BCUT2D eigenvalue weighted by Crippen LogP contribution is 2.29. The molecule has 0 radical (unpaired) electrons. The van der Waals surface area contributed by atoms with Crippen LogP contribution in [0.1, 0.15) is 103 Å². The van der Waals surface area contributed by atoms with Crippen molar-refractivity contribution in [3.8, 4) is 0 Å². The van der Waals surface area contributed by atoms with Crippen LogP contribution in [0, 0.1) is 5.92 Å². The zero-order valence-electron chi connectivity index (χ0n) is 19.9. The molecule has 0 heterocycles. The second-order valence-corrected chi connectivity index (χ2v) is 9.29. The molecule has 0 amide bonds. The highest BCUT2D eigenvalue weighted by molar-refractivity contribution is 5.81. The van der Waals surface area contributed by atoms with Crippen molar-refractivity contribution in [3.05, 3.63) is 12.7 Å². The zero-order valence-corrected chi connectivity index (χ0v) is 19.9. The minimum atomic E-state index is -0.326. The van der Waals surface area contributed by atoms with Crippen molar-refractivity contribution < 1.29 is 23.7 Å². The van der Waals surface area contributed by atoms with Gasteiger partial charge in [0.2, 0.25) is 0 Å². The predicted octanol–water partition coefficient (Wildman–Crippen LogP) is 6.34. The van der Waals surface area contributed by atoms with Gasteiger partial charge in [-0.25, -0.2) is 4.79 Å². The second-order valence-electron chi connectivity index (χ2n) is 9.29. The van der Waals surface area contributed by atoms with Crippen molar-refractivity contribution in [2.24, 2.45) is 5.92 Å². The topological polar surface area (TPSA) is 54.0 Å². The summed E-state index contributed by atoms with van der Waals surface area (Å²) in [6.07, 6.45) is 19.9. The first kappa shape index (κ1) is 26.3. The SMILES string of the molecule is C=CC(=O)OCCC1CCC(OCOC2CCC(OCCCCCCCC)CC2)CC1. The number of carbonyl (C=O) groups excluding carboxylic acids is 1. The number of rotatable bonds is 16. The van der Waals surface area contributed by atoms with E-state index in [0.29, 0.717) is 37.6 Å². The van der Waals surface area contributed by atoms with Crippen LogP contribution in [0.2, 0.25) is 0 Å². The average Bonchev–Trinajstić information content (AvgIpc) is 2.80. The number of esters is 1. The third-order valence-corrected chi connectivity index (χ3v) is 6.81. The lowest BCUT2D eigenvalue weighted by molar-refractivity contribution is -0.142. The molecule has 2 fully saturated rings. The van der Waals surface area contributed by atoms with Crippen LogP contribution in [0.4, 0.5) is 0 Å².